The number of aryl methyl sites for hydroxylation is 2. The average Bonchev–Trinajstić information content (AvgIpc) is 2.88. The molecule has 0 saturated heterocycles. The first-order valence-corrected chi connectivity index (χ1v) is 7.13. The molecule has 2 aromatic rings. The highest BCUT2D eigenvalue weighted by Gasteiger charge is 2.18. The lowest BCUT2D eigenvalue weighted by Gasteiger charge is -2.18. The Balaban J connectivity index is 0.000000637. The summed E-state index contributed by atoms with van der Waals surface area (Å²) in [4.78, 5) is 2.44. The summed E-state index contributed by atoms with van der Waals surface area (Å²) in [6.45, 7) is 10.4. The maximum absolute atomic E-state index is 2.44. The summed E-state index contributed by atoms with van der Waals surface area (Å²) in [6.07, 6.45) is 0. The molecule has 0 N–H and O–H groups in total. The molecule has 0 bridgehead atoms. The average molecular weight is 253 g/mol. The summed E-state index contributed by atoms with van der Waals surface area (Å²) >= 11 is 0. The topological polar surface area (TPSA) is 3.24 Å². The molecule has 3 rings (SSSR count). The summed E-state index contributed by atoms with van der Waals surface area (Å²) in [7, 11) is 0. The second-order valence-electron chi connectivity index (χ2n) is 4.89. The number of hydrogen-bond donors (Lipinski definition) is 0. The van der Waals surface area contributed by atoms with Crippen molar-refractivity contribution in [1.29, 1.82) is 0 Å². The van der Waals surface area contributed by atoms with Gasteiger partial charge in [0.25, 0.3) is 0 Å². The molecule has 0 atom stereocenters. The van der Waals surface area contributed by atoms with E-state index in [0.717, 1.165) is 13.1 Å². The van der Waals surface area contributed by atoms with Gasteiger partial charge in [0, 0.05) is 18.8 Å². The summed E-state index contributed by atoms with van der Waals surface area (Å²) < 4.78 is 0. The zero-order valence-electron chi connectivity index (χ0n) is 12.4. The molecule has 100 valence electrons. The largest absolute Gasteiger partial charge is 0.363 e. The summed E-state index contributed by atoms with van der Waals surface area (Å²) in [5.74, 6) is 0. The first kappa shape index (κ1) is 13.7. The van der Waals surface area contributed by atoms with Crippen LogP contribution in [0.3, 0.4) is 0 Å². The second kappa shape index (κ2) is 5.92. The van der Waals surface area contributed by atoms with Gasteiger partial charge in [-0.1, -0.05) is 44.2 Å². The van der Waals surface area contributed by atoms with Gasteiger partial charge in [-0.25, -0.2) is 0 Å². The van der Waals surface area contributed by atoms with Crippen LogP contribution in [-0.4, -0.2) is 0 Å². The molecule has 0 unspecified atom stereocenters. The van der Waals surface area contributed by atoms with Gasteiger partial charge in [0.1, 0.15) is 0 Å². The zero-order chi connectivity index (χ0) is 13.8. The van der Waals surface area contributed by atoms with Gasteiger partial charge < -0.3 is 4.90 Å². The first-order valence-electron chi connectivity index (χ1n) is 7.13. The molecule has 1 aliphatic rings. The molecular formula is C18H23N. The number of anilines is 1. The van der Waals surface area contributed by atoms with Crippen LogP contribution in [0.5, 0.6) is 0 Å². The molecule has 0 aliphatic carbocycles. The Morgan fingerprint density at radius 2 is 1.37 bits per heavy atom. The Bertz CT molecular complexity index is 532. The Labute approximate surface area is 116 Å². The van der Waals surface area contributed by atoms with Gasteiger partial charge in [0.05, 0.1) is 0 Å². The van der Waals surface area contributed by atoms with Gasteiger partial charge in [-0.2, -0.15) is 0 Å². The first-order chi connectivity index (χ1) is 9.24. The minimum atomic E-state index is 1.04. The van der Waals surface area contributed by atoms with Gasteiger partial charge in [-0.3, -0.25) is 0 Å². The van der Waals surface area contributed by atoms with E-state index in [1.807, 2.05) is 13.8 Å². The normalized spacial score (nSPS) is 12.7. The van der Waals surface area contributed by atoms with Crippen LogP contribution < -0.4 is 4.90 Å². The summed E-state index contributed by atoms with van der Waals surface area (Å²) in [6, 6.07) is 15.5. The van der Waals surface area contributed by atoms with E-state index in [4.69, 9.17) is 0 Å². The molecule has 0 saturated carbocycles. The number of rotatable bonds is 1. The van der Waals surface area contributed by atoms with Crippen LogP contribution in [0.25, 0.3) is 0 Å². The van der Waals surface area contributed by atoms with Crippen molar-refractivity contribution < 1.29 is 0 Å². The quantitative estimate of drug-likeness (QED) is 0.702. The van der Waals surface area contributed by atoms with Gasteiger partial charge in [-0.05, 0) is 48.2 Å². The SMILES string of the molecule is CC.Cc1ccc(N2Cc3ccccc3C2)cc1C. The number of fused-ring (bicyclic) bond motifs is 1. The van der Waals surface area contributed by atoms with E-state index in [0.29, 0.717) is 0 Å². The van der Waals surface area contributed by atoms with Gasteiger partial charge >= 0.3 is 0 Å². The van der Waals surface area contributed by atoms with Crippen molar-refractivity contribution >= 4 is 5.69 Å². The van der Waals surface area contributed by atoms with E-state index in [1.165, 1.54) is 27.9 Å². The Kier molecular flexibility index (Phi) is 4.26. The Morgan fingerprint density at radius 1 is 0.789 bits per heavy atom. The third-order valence-corrected chi connectivity index (χ3v) is 3.70. The van der Waals surface area contributed by atoms with E-state index in [2.05, 4.69) is 61.2 Å². The van der Waals surface area contributed by atoms with Gasteiger partial charge in [-0.15, -0.1) is 0 Å². The van der Waals surface area contributed by atoms with Crippen LogP contribution in [0.1, 0.15) is 36.1 Å². The van der Waals surface area contributed by atoms with E-state index in [-0.39, 0.29) is 0 Å². The van der Waals surface area contributed by atoms with Gasteiger partial charge in [0.2, 0.25) is 0 Å². The van der Waals surface area contributed by atoms with Crippen LogP contribution in [0.15, 0.2) is 42.5 Å². The summed E-state index contributed by atoms with van der Waals surface area (Å²) in [5.41, 5.74) is 7.00. The van der Waals surface area contributed by atoms with Crippen molar-refractivity contribution in [3.63, 3.8) is 0 Å². The van der Waals surface area contributed by atoms with Crippen LogP contribution in [0.4, 0.5) is 5.69 Å². The van der Waals surface area contributed by atoms with Crippen molar-refractivity contribution in [2.45, 2.75) is 40.8 Å². The standard InChI is InChI=1S/C16H17N.C2H6/c1-12-7-8-16(9-13(12)2)17-10-14-5-3-4-6-15(14)11-17;1-2/h3-9H,10-11H2,1-2H3;1-2H3. The minimum Gasteiger partial charge on any atom is -0.363 e. The third-order valence-electron chi connectivity index (χ3n) is 3.70. The van der Waals surface area contributed by atoms with Crippen molar-refractivity contribution in [1.82, 2.24) is 0 Å². The van der Waals surface area contributed by atoms with E-state index >= 15 is 0 Å². The fraction of sp³-hybridized carbons (Fsp3) is 0.333. The molecular weight excluding hydrogens is 230 g/mol. The molecule has 0 spiro atoms. The molecule has 0 aromatic heterocycles. The molecule has 2 aromatic carbocycles. The Morgan fingerprint density at radius 3 is 1.89 bits per heavy atom. The lowest BCUT2D eigenvalue weighted by molar-refractivity contribution is 0.879. The highest BCUT2D eigenvalue weighted by atomic mass is 15.1. The van der Waals surface area contributed by atoms with E-state index in [1.54, 1.807) is 0 Å². The third kappa shape index (κ3) is 2.81. The second-order valence-corrected chi connectivity index (χ2v) is 4.89. The zero-order valence-corrected chi connectivity index (χ0v) is 12.4. The van der Waals surface area contributed by atoms with Crippen molar-refractivity contribution in [3.05, 3.63) is 64.7 Å². The van der Waals surface area contributed by atoms with Crippen LogP contribution >= 0.6 is 0 Å². The number of benzene rings is 2. The Hall–Kier alpha value is -1.76. The van der Waals surface area contributed by atoms with Crippen LogP contribution in [-0.2, 0) is 13.1 Å². The number of hydrogen-bond acceptors (Lipinski definition) is 1. The fourth-order valence-electron chi connectivity index (χ4n) is 2.44. The summed E-state index contributed by atoms with van der Waals surface area (Å²) in [5, 5.41) is 0. The monoisotopic (exact) mass is 253 g/mol. The van der Waals surface area contributed by atoms with Crippen molar-refractivity contribution in [3.8, 4) is 0 Å². The lowest BCUT2D eigenvalue weighted by Crippen LogP contribution is -2.14. The predicted octanol–water partition coefficient (Wildman–Crippen LogP) is 4.85. The highest BCUT2D eigenvalue weighted by Crippen LogP contribution is 2.29. The lowest BCUT2D eigenvalue weighted by atomic mass is 10.1. The van der Waals surface area contributed by atoms with Crippen LogP contribution in [0, 0.1) is 13.8 Å². The maximum Gasteiger partial charge on any atom is 0.0436 e. The van der Waals surface area contributed by atoms with Crippen molar-refractivity contribution in [2.75, 3.05) is 4.90 Å². The smallest absolute Gasteiger partial charge is 0.0436 e. The number of nitrogens with zero attached hydrogens (tertiary/aromatic N) is 1. The molecule has 1 heteroatoms. The molecule has 1 aliphatic heterocycles. The highest BCUT2D eigenvalue weighted by molar-refractivity contribution is 5.54. The fourth-order valence-corrected chi connectivity index (χ4v) is 2.44. The molecule has 0 amide bonds. The molecule has 19 heavy (non-hydrogen) atoms. The molecule has 1 nitrogen and oxygen atoms in total. The van der Waals surface area contributed by atoms with E-state index < -0.39 is 0 Å². The van der Waals surface area contributed by atoms with E-state index in [9.17, 15) is 0 Å². The van der Waals surface area contributed by atoms with Crippen molar-refractivity contribution in [2.24, 2.45) is 0 Å². The molecule has 0 fully saturated rings. The molecule has 0 radical (unpaired) electrons. The van der Waals surface area contributed by atoms with Crippen LogP contribution in [0.2, 0.25) is 0 Å². The minimum absolute atomic E-state index is 1.04. The molecule has 1 heterocycles. The maximum atomic E-state index is 2.44. The van der Waals surface area contributed by atoms with Gasteiger partial charge in [0.15, 0.2) is 0 Å². The predicted molar refractivity (Wildman–Crippen MR) is 83.6 cm³/mol.